The monoisotopic (exact) mass is 426 g/mol. The van der Waals surface area contributed by atoms with Crippen molar-refractivity contribution in [2.45, 2.75) is 0 Å². The predicted octanol–water partition coefficient (Wildman–Crippen LogP) is 6.01. The summed E-state index contributed by atoms with van der Waals surface area (Å²) in [4.78, 5) is 0. The fourth-order valence-electron chi connectivity index (χ4n) is 2.09. The molecule has 0 fully saturated rings. The molecule has 0 aliphatic carbocycles. The van der Waals surface area contributed by atoms with Crippen molar-refractivity contribution >= 4 is 49.3 Å². The lowest BCUT2D eigenvalue weighted by atomic mass is 10.0. The Bertz CT molecular complexity index is 751. The van der Waals surface area contributed by atoms with Gasteiger partial charge in [0, 0.05) is 8.04 Å². The maximum Gasteiger partial charge on any atom is 0.123 e. The Morgan fingerprint density at radius 1 is 0.842 bits per heavy atom. The molecular weight excluding hydrogens is 418 g/mol. The first-order chi connectivity index (χ1) is 9.13. The van der Waals surface area contributed by atoms with Crippen LogP contribution in [0, 0.1) is 9.39 Å². The van der Waals surface area contributed by atoms with Gasteiger partial charge in [0.1, 0.15) is 5.82 Å². The fraction of sp³-hybridized carbons (Fsp3) is 0. The van der Waals surface area contributed by atoms with Gasteiger partial charge >= 0.3 is 0 Å². The minimum absolute atomic E-state index is 0.199. The molecule has 0 aliphatic rings. The first-order valence-corrected chi connectivity index (χ1v) is 7.65. The zero-order valence-electron chi connectivity index (χ0n) is 9.83. The van der Waals surface area contributed by atoms with Crippen molar-refractivity contribution in [3.63, 3.8) is 0 Å². The lowest BCUT2D eigenvalue weighted by Crippen LogP contribution is -1.85. The van der Waals surface area contributed by atoms with Crippen LogP contribution in [-0.2, 0) is 0 Å². The van der Waals surface area contributed by atoms with Gasteiger partial charge in [-0.15, -0.1) is 0 Å². The highest BCUT2D eigenvalue weighted by atomic mass is 127. The Morgan fingerprint density at radius 3 is 2.32 bits per heavy atom. The normalized spacial score (nSPS) is 10.9. The van der Waals surface area contributed by atoms with Crippen LogP contribution in [-0.4, -0.2) is 0 Å². The van der Waals surface area contributed by atoms with Crippen LogP contribution in [0.3, 0.4) is 0 Å². The highest BCUT2D eigenvalue weighted by Gasteiger charge is 2.06. The molecular formula is C16H9BrFI. The number of hydrogen-bond donors (Lipinski definition) is 0. The minimum Gasteiger partial charge on any atom is -0.207 e. The summed E-state index contributed by atoms with van der Waals surface area (Å²) in [5.41, 5.74) is 2.27. The van der Waals surface area contributed by atoms with E-state index in [0.717, 1.165) is 26.4 Å². The Kier molecular flexibility index (Phi) is 3.58. The summed E-state index contributed by atoms with van der Waals surface area (Å²) < 4.78 is 15.5. The highest BCUT2D eigenvalue weighted by Crippen LogP contribution is 2.31. The molecule has 0 nitrogen and oxygen atoms in total. The maximum atomic E-state index is 13.3. The van der Waals surface area contributed by atoms with E-state index >= 15 is 0 Å². The molecule has 0 bridgehead atoms. The summed E-state index contributed by atoms with van der Waals surface area (Å²) in [6.07, 6.45) is 0. The van der Waals surface area contributed by atoms with Gasteiger partial charge in [0.2, 0.25) is 0 Å². The Morgan fingerprint density at radius 2 is 1.58 bits per heavy atom. The number of halogens is 3. The van der Waals surface area contributed by atoms with Crippen molar-refractivity contribution in [1.29, 1.82) is 0 Å². The van der Waals surface area contributed by atoms with Gasteiger partial charge in [-0.1, -0.05) is 34.1 Å². The van der Waals surface area contributed by atoms with E-state index in [-0.39, 0.29) is 5.82 Å². The van der Waals surface area contributed by atoms with Crippen LogP contribution in [0.4, 0.5) is 4.39 Å². The van der Waals surface area contributed by atoms with Gasteiger partial charge in [-0.05, 0) is 80.9 Å². The third-order valence-electron chi connectivity index (χ3n) is 3.04. The van der Waals surface area contributed by atoms with E-state index in [2.05, 4.69) is 56.7 Å². The molecule has 0 amide bonds. The van der Waals surface area contributed by atoms with Crippen molar-refractivity contribution in [2.24, 2.45) is 0 Å². The van der Waals surface area contributed by atoms with Crippen molar-refractivity contribution in [2.75, 3.05) is 0 Å². The van der Waals surface area contributed by atoms with Gasteiger partial charge in [0.05, 0.1) is 0 Å². The lowest BCUT2D eigenvalue weighted by Gasteiger charge is -2.08. The first-order valence-electron chi connectivity index (χ1n) is 5.78. The molecule has 0 aromatic heterocycles. The molecule has 0 spiro atoms. The van der Waals surface area contributed by atoms with Gasteiger partial charge in [-0.3, -0.25) is 0 Å². The van der Waals surface area contributed by atoms with Gasteiger partial charge in [-0.2, -0.15) is 0 Å². The quantitative estimate of drug-likeness (QED) is 0.418. The molecule has 3 rings (SSSR count). The number of hydrogen-bond acceptors (Lipinski definition) is 0. The van der Waals surface area contributed by atoms with Crippen molar-refractivity contribution in [3.05, 3.63) is 68.5 Å². The molecule has 0 N–H and O–H groups in total. The van der Waals surface area contributed by atoms with Crippen LogP contribution in [0.25, 0.3) is 21.9 Å². The van der Waals surface area contributed by atoms with Crippen molar-refractivity contribution in [1.82, 2.24) is 0 Å². The smallest absolute Gasteiger partial charge is 0.123 e. The fourth-order valence-corrected chi connectivity index (χ4v) is 3.16. The van der Waals surface area contributed by atoms with E-state index in [1.807, 2.05) is 24.3 Å². The minimum atomic E-state index is -0.199. The van der Waals surface area contributed by atoms with Crippen LogP contribution in [0.15, 0.2) is 59.1 Å². The van der Waals surface area contributed by atoms with Crippen molar-refractivity contribution in [3.8, 4) is 11.1 Å². The van der Waals surface area contributed by atoms with Crippen LogP contribution < -0.4 is 0 Å². The van der Waals surface area contributed by atoms with Crippen LogP contribution in [0.1, 0.15) is 0 Å². The van der Waals surface area contributed by atoms with Crippen LogP contribution in [0.2, 0.25) is 0 Å². The van der Waals surface area contributed by atoms with E-state index in [1.54, 1.807) is 6.07 Å². The van der Waals surface area contributed by atoms with E-state index in [9.17, 15) is 4.39 Å². The molecule has 0 heterocycles. The summed E-state index contributed by atoms with van der Waals surface area (Å²) in [5, 5.41) is 1.99. The van der Waals surface area contributed by atoms with Crippen LogP contribution >= 0.6 is 38.5 Å². The second kappa shape index (κ2) is 5.21. The Hall–Kier alpha value is -0.940. The van der Waals surface area contributed by atoms with E-state index in [4.69, 9.17) is 0 Å². The number of rotatable bonds is 1. The van der Waals surface area contributed by atoms with E-state index in [0.29, 0.717) is 0 Å². The molecule has 0 unspecified atom stereocenters. The zero-order chi connectivity index (χ0) is 13.4. The zero-order valence-corrected chi connectivity index (χ0v) is 13.6. The Balaban J connectivity index is 2.23. The molecule has 0 radical (unpaired) electrons. The van der Waals surface area contributed by atoms with Gasteiger partial charge < -0.3 is 0 Å². The topological polar surface area (TPSA) is 0 Å². The predicted molar refractivity (Wildman–Crippen MR) is 89.8 cm³/mol. The SMILES string of the molecule is Fc1ccc2cc(I)c(-c3ccc(Br)cc3)cc2c1. The average Bonchev–Trinajstić information content (AvgIpc) is 2.40. The summed E-state index contributed by atoms with van der Waals surface area (Å²) in [5.74, 6) is -0.199. The molecule has 0 saturated carbocycles. The summed E-state index contributed by atoms with van der Waals surface area (Å²) >= 11 is 5.76. The first kappa shape index (κ1) is 13.1. The molecule has 3 aromatic carbocycles. The largest absolute Gasteiger partial charge is 0.207 e. The lowest BCUT2D eigenvalue weighted by molar-refractivity contribution is 0.630. The van der Waals surface area contributed by atoms with Gasteiger partial charge in [0.15, 0.2) is 0 Å². The number of fused-ring (bicyclic) bond motifs is 1. The summed E-state index contributed by atoms with van der Waals surface area (Å²) in [6, 6.07) is 17.2. The van der Waals surface area contributed by atoms with Crippen LogP contribution in [0.5, 0.6) is 0 Å². The third-order valence-corrected chi connectivity index (χ3v) is 4.46. The van der Waals surface area contributed by atoms with Gasteiger partial charge in [-0.25, -0.2) is 4.39 Å². The van der Waals surface area contributed by atoms with Crippen molar-refractivity contribution < 1.29 is 4.39 Å². The number of benzene rings is 3. The third kappa shape index (κ3) is 2.67. The molecule has 0 aliphatic heterocycles. The Labute approximate surface area is 132 Å². The molecule has 3 heteroatoms. The second-order valence-electron chi connectivity index (χ2n) is 4.33. The van der Waals surface area contributed by atoms with E-state index < -0.39 is 0 Å². The molecule has 94 valence electrons. The second-order valence-corrected chi connectivity index (χ2v) is 6.41. The highest BCUT2D eigenvalue weighted by molar-refractivity contribution is 14.1. The summed E-state index contributed by atoms with van der Waals surface area (Å²) in [6.45, 7) is 0. The molecule has 19 heavy (non-hydrogen) atoms. The molecule has 0 saturated heterocycles. The standard InChI is InChI=1S/C16H9BrFI/c17-13-4-1-10(2-5-13)15-8-12-7-14(18)6-3-11(12)9-16(15)19/h1-9H. The van der Waals surface area contributed by atoms with E-state index in [1.165, 1.54) is 9.64 Å². The summed E-state index contributed by atoms with van der Waals surface area (Å²) in [7, 11) is 0. The molecule has 0 atom stereocenters. The average molecular weight is 427 g/mol. The maximum absolute atomic E-state index is 13.3. The van der Waals surface area contributed by atoms with Gasteiger partial charge in [0.25, 0.3) is 0 Å². The molecule has 3 aromatic rings.